The molecule has 4 rings (SSSR count). The van der Waals surface area contributed by atoms with Crippen LogP contribution in [0.1, 0.15) is 33.5 Å². The van der Waals surface area contributed by atoms with Crippen LogP contribution in [0.4, 0.5) is 0 Å². The Morgan fingerprint density at radius 3 is 2.89 bits per heavy atom. The number of methoxy groups -OCH3 is 1. The topological polar surface area (TPSA) is 48.0 Å². The van der Waals surface area contributed by atoms with Crippen molar-refractivity contribution in [1.29, 1.82) is 0 Å². The average Bonchev–Trinajstić information content (AvgIpc) is 3.00. The highest BCUT2D eigenvalue weighted by molar-refractivity contribution is 6.32. The number of carbonyl (C=O) groups is 1. The van der Waals surface area contributed by atoms with E-state index in [-0.39, 0.29) is 11.5 Å². The number of hydrogen-bond donors (Lipinski definition) is 0. The Kier molecular flexibility index (Phi) is 5.40. The van der Waals surface area contributed by atoms with Crippen LogP contribution < -0.4 is 9.47 Å². The quantitative estimate of drug-likeness (QED) is 0.549. The van der Waals surface area contributed by atoms with Crippen molar-refractivity contribution in [2.45, 2.75) is 19.9 Å². The SMILES string of the molecule is COCCCN1COc2c(cc3c(c2C)O/C(=C\c2ccccc2Cl)C3=O)C1. The fraction of sp³-hybridized carbons (Fsp3) is 0.318. The molecule has 0 radical (unpaired) electrons. The molecular weight excluding hydrogens is 378 g/mol. The minimum absolute atomic E-state index is 0.127. The van der Waals surface area contributed by atoms with Gasteiger partial charge in [-0.15, -0.1) is 0 Å². The zero-order valence-electron chi connectivity index (χ0n) is 16.0. The number of nitrogens with zero attached hydrogens (tertiary/aromatic N) is 1. The van der Waals surface area contributed by atoms with E-state index in [1.54, 1.807) is 19.3 Å². The fourth-order valence-electron chi connectivity index (χ4n) is 3.61. The molecule has 5 nitrogen and oxygen atoms in total. The van der Waals surface area contributed by atoms with Crippen LogP contribution in [0.3, 0.4) is 0 Å². The van der Waals surface area contributed by atoms with Crippen LogP contribution in [0.25, 0.3) is 6.08 Å². The second-order valence-corrected chi connectivity index (χ2v) is 7.41. The number of allylic oxidation sites excluding steroid dienone is 1. The first-order valence-electron chi connectivity index (χ1n) is 9.28. The lowest BCUT2D eigenvalue weighted by molar-refractivity contribution is 0.0826. The zero-order valence-corrected chi connectivity index (χ0v) is 16.7. The summed E-state index contributed by atoms with van der Waals surface area (Å²) in [5, 5.41) is 0.577. The minimum Gasteiger partial charge on any atom is -0.477 e. The van der Waals surface area contributed by atoms with E-state index in [2.05, 4.69) is 4.90 Å². The first-order valence-corrected chi connectivity index (χ1v) is 9.65. The summed E-state index contributed by atoms with van der Waals surface area (Å²) in [4.78, 5) is 15.1. The van der Waals surface area contributed by atoms with Gasteiger partial charge in [-0.3, -0.25) is 9.69 Å². The van der Waals surface area contributed by atoms with Crippen molar-refractivity contribution in [1.82, 2.24) is 4.90 Å². The van der Waals surface area contributed by atoms with Crippen LogP contribution in [-0.4, -0.2) is 37.7 Å². The number of benzene rings is 2. The molecule has 0 atom stereocenters. The van der Waals surface area contributed by atoms with Crippen molar-refractivity contribution in [3.63, 3.8) is 0 Å². The Bertz CT molecular complexity index is 954. The van der Waals surface area contributed by atoms with E-state index >= 15 is 0 Å². The van der Waals surface area contributed by atoms with Gasteiger partial charge in [-0.25, -0.2) is 0 Å². The molecule has 0 saturated carbocycles. The maximum atomic E-state index is 12.9. The van der Waals surface area contributed by atoms with Gasteiger partial charge in [0.25, 0.3) is 0 Å². The van der Waals surface area contributed by atoms with Crippen LogP contribution in [0.5, 0.6) is 11.5 Å². The molecule has 0 fully saturated rings. The van der Waals surface area contributed by atoms with Gasteiger partial charge in [0.2, 0.25) is 5.78 Å². The summed E-state index contributed by atoms with van der Waals surface area (Å²) >= 11 is 6.22. The molecule has 28 heavy (non-hydrogen) atoms. The molecule has 0 N–H and O–H groups in total. The van der Waals surface area contributed by atoms with Crippen LogP contribution in [-0.2, 0) is 11.3 Å². The van der Waals surface area contributed by atoms with Crippen LogP contribution >= 0.6 is 11.6 Å². The van der Waals surface area contributed by atoms with Crippen LogP contribution in [0, 0.1) is 6.92 Å². The Hall–Kier alpha value is -2.34. The molecule has 0 aliphatic carbocycles. The van der Waals surface area contributed by atoms with Gasteiger partial charge in [0.15, 0.2) is 5.76 Å². The Morgan fingerprint density at radius 1 is 1.29 bits per heavy atom. The largest absolute Gasteiger partial charge is 0.477 e. The summed E-state index contributed by atoms with van der Waals surface area (Å²) in [5.74, 6) is 1.55. The van der Waals surface area contributed by atoms with Crippen molar-refractivity contribution in [2.24, 2.45) is 0 Å². The summed E-state index contributed by atoms with van der Waals surface area (Å²) < 4.78 is 17.0. The lowest BCUT2D eigenvalue weighted by atomic mass is 10.00. The van der Waals surface area contributed by atoms with Gasteiger partial charge < -0.3 is 14.2 Å². The normalized spacial score (nSPS) is 17.2. The second kappa shape index (κ2) is 7.95. The predicted octanol–water partition coefficient (Wildman–Crippen LogP) is 4.45. The molecule has 0 aromatic heterocycles. The van der Waals surface area contributed by atoms with Crippen LogP contribution in [0.2, 0.25) is 5.02 Å². The Balaban J connectivity index is 1.62. The molecule has 2 aliphatic heterocycles. The van der Waals surface area contributed by atoms with E-state index < -0.39 is 0 Å². The van der Waals surface area contributed by atoms with Gasteiger partial charge in [0.1, 0.15) is 18.2 Å². The molecule has 0 saturated heterocycles. The van der Waals surface area contributed by atoms with Gasteiger partial charge in [-0.1, -0.05) is 29.8 Å². The number of halogens is 1. The number of ketones is 1. The maximum absolute atomic E-state index is 12.9. The highest BCUT2D eigenvalue weighted by Gasteiger charge is 2.33. The number of Topliss-reactive ketones (excluding diaryl/α,β-unsaturated/α-hetero) is 1. The number of carbonyl (C=O) groups excluding carboxylic acids is 1. The van der Waals surface area contributed by atoms with Gasteiger partial charge in [0.05, 0.1) is 5.56 Å². The Morgan fingerprint density at radius 2 is 2.11 bits per heavy atom. The lowest BCUT2D eigenvalue weighted by Gasteiger charge is -2.30. The highest BCUT2D eigenvalue weighted by atomic mass is 35.5. The van der Waals surface area contributed by atoms with E-state index in [9.17, 15) is 4.79 Å². The lowest BCUT2D eigenvalue weighted by Crippen LogP contribution is -2.33. The molecule has 0 spiro atoms. The summed E-state index contributed by atoms with van der Waals surface area (Å²) in [6.07, 6.45) is 2.63. The third-order valence-electron chi connectivity index (χ3n) is 5.02. The standard InChI is InChI=1S/C22H22ClNO4/c1-14-21-16(12-24(13-27-21)8-5-9-26-2)10-17-20(25)19(28-22(14)17)11-15-6-3-4-7-18(15)23/h3-4,6-7,10-11H,5,8-9,12-13H2,1-2H3/b19-11-. The van der Waals surface area contributed by atoms with Crippen molar-refractivity contribution in [2.75, 3.05) is 27.0 Å². The summed E-state index contributed by atoms with van der Waals surface area (Å²) in [5.41, 5.74) is 3.20. The maximum Gasteiger partial charge on any atom is 0.231 e. The molecular formula is C22H22ClNO4. The van der Waals surface area contributed by atoms with E-state index in [4.69, 9.17) is 25.8 Å². The number of fused-ring (bicyclic) bond motifs is 2. The first kappa shape index (κ1) is 19.0. The molecule has 2 aromatic rings. The third kappa shape index (κ3) is 3.53. The number of ether oxygens (including phenoxy) is 3. The first-order chi connectivity index (χ1) is 13.6. The highest BCUT2D eigenvalue weighted by Crippen LogP contribution is 2.43. The molecule has 2 aliphatic rings. The van der Waals surface area contributed by atoms with Crippen molar-refractivity contribution < 1.29 is 19.0 Å². The van der Waals surface area contributed by atoms with Gasteiger partial charge in [-0.2, -0.15) is 0 Å². The van der Waals surface area contributed by atoms with E-state index in [1.165, 1.54) is 0 Å². The molecule has 2 heterocycles. The minimum atomic E-state index is -0.127. The third-order valence-corrected chi connectivity index (χ3v) is 5.36. The summed E-state index contributed by atoms with van der Waals surface area (Å²) in [7, 11) is 1.70. The number of rotatable bonds is 5. The molecule has 0 bridgehead atoms. The van der Waals surface area contributed by atoms with E-state index in [0.717, 1.165) is 48.6 Å². The summed E-state index contributed by atoms with van der Waals surface area (Å²) in [6.45, 7) is 4.79. The molecule has 146 valence electrons. The van der Waals surface area contributed by atoms with Gasteiger partial charge in [0, 0.05) is 43.0 Å². The Labute approximate surface area is 169 Å². The summed E-state index contributed by atoms with van der Waals surface area (Å²) in [6, 6.07) is 9.27. The van der Waals surface area contributed by atoms with Crippen LogP contribution in [0.15, 0.2) is 36.1 Å². The average molecular weight is 400 g/mol. The van der Waals surface area contributed by atoms with Gasteiger partial charge in [-0.05, 0) is 37.1 Å². The number of hydrogen-bond acceptors (Lipinski definition) is 5. The van der Waals surface area contributed by atoms with E-state index in [1.807, 2.05) is 31.2 Å². The zero-order chi connectivity index (χ0) is 19.7. The molecule has 2 aromatic carbocycles. The second-order valence-electron chi connectivity index (χ2n) is 7.00. The van der Waals surface area contributed by atoms with Crippen molar-refractivity contribution in [3.8, 4) is 11.5 Å². The van der Waals surface area contributed by atoms with Crippen molar-refractivity contribution in [3.05, 3.63) is 63.4 Å². The molecule has 0 amide bonds. The van der Waals surface area contributed by atoms with Crippen molar-refractivity contribution >= 4 is 23.5 Å². The molecule has 0 unspecified atom stereocenters. The fourth-order valence-corrected chi connectivity index (χ4v) is 3.80. The smallest absolute Gasteiger partial charge is 0.231 e. The van der Waals surface area contributed by atoms with E-state index in [0.29, 0.717) is 23.1 Å². The monoisotopic (exact) mass is 399 g/mol. The molecule has 6 heteroatoms. The predicted molar refractivity (Wildman–Crippen MR) is 108 cm³/mol. The van der Waals surface area contributed by atoms with Gasteiger partial charge >= 0.3 is 0 Å².